The van der Waals surface area contributed by atoms with Crippen LogP contribution in [0.2, 0.25) is 0 Å². The first-order valence-electron chi connectivity index (χ1n) is 5.46. The average molecular weight is 245 g/mol. The zero-order valence-electron chi connectivity index (χ0n) is 9.60. The van der Waals surface area contributed by atoms with Gasteiger partial charge < -0.3 is 4.52 Å². The van der Waals surface area contributed by atoms with Crippen molar-refractivity contribution in [3.8, 4) is 11.4 Å². The van der Waals surface area contributed by atoms with Crippen molar-refractivity contribution in [1.82, 2.24) is 14.7 Å². The third-order valence-electron chi connectivity index (χ3n) is 2.85. The van der Waals surface area contributed by atoms with Crippen LogP contribution in [0.25, 0.3) is 11.4 Å². The largest absolute Gasteiger partial charge is 0.377 e. The molecule has 86 valence electrons. The molecule has 1 aliphatic carbocycles. The van der Waals surface area contributed by atoms with Crippen LogP contribution in [-0.4, -0.2) is 14.7 Å². The molecule has 5 heteroatoms. The summed E-state index contributed by atoms with van der Waals surface area (Å²) in [5.41, 5.74) is 3.33. The van der Waals surface area contributed by atoms with Gasteiger partial charge in [-0.2, -0.15) is 0 Å². The van der Waals surface area contributed by atoms with Crippen LogP contribution in [0.15, 0.2) is 23.0 Å². The van der Waals surface area contributed by atoms with E-state index in [4.69, 9.17) is 16.7 Å². The molecule has 0 atom stereocenters. The Morgan fingerprint density at radius 1 is 1.35 bits per heavy atom. The molecule has 0 spiro atoms. The lowest BCUT2D eigenvalue weighted by Gasteiger charge is -2.08. The number of aromatic nitrogens is 3. The Morgan fingerprint density at radius 2 is 2.18 bits per heavy atom. The third-order valence-corrected chi connectivity index (χ3v) is 3.19. The van der Waals surface area contributed by atoms with Crippen molar-refractivity contribution in [2.24, 2.45) is 0 Å². The second-order valence-electron chi connectivity index (χ2n) is 3.93. The van der Waals surface area contributed by atoms with Crippen LogP contribution < -0.4 is 0 Å². The number of imidazole rings is 1. The molecule has 0 saturated heterocycles. The van der Waals surface area contributed by atoms with E-state index in [-0.39, 0.29) is 0 Å². The Bertz CT molecular complexity index is 774. The predicted octanol–water partition coefficient (Wildman–Crippen LogP) is 2.76. The lowest BCUT2D eigenvalue weighted by molar-refractivity contribution is 0.237. The summed E-state index contributed by atoms with van der Waals surface area (Å²) in [4.78, 5) is 8.39. The average Bonchev–Trinajstić information content (AvgIpc) is 2.77. The second-order valence-corrected chi connectivity index (χ2v) is 4.37. The van der Waals surface area contributed by atoms with Crippen molar-refractivity contribution in [2.45, 2.75) is 20.4 Å². The topological polar surface area (TPSA) is 43.9 Å². The van der Waals surface area contributed by atoms with E-state index in [2.05, 4.69) is 9.97 Å². The first kappa shape index (κ1) is 10.4. The Kier molecular flexibility index (Phi) is 2.22. The maximum atomic E-state index is 5.84. The van der Waals surface area contributed by atoms with E-state index >= 15 is 0 Å². The van der Waals surface area contributed by atoms with E-state index in [0.29, 0.717) is 0 Å². The minimum Gasteiger partial charge on any atom is -0.377 e. The lowest BCUT2D eigenvalue weighted by atomic mass is 10.2. The molecule has 2 heterocycles. The molecule has 0 unspecified atom stereocenters. The van der Waals surface area contributed by atoms with Crippen LogP contribution in [0.3, 0.4) is 0 Å². The molecule has 3 aliphatic rings. The molecule has 0 aromatic carbocycles. The van der Waals surface area contributed by atoms with Crippen molar-refractivity contribution in [3.05, 3.63) is 39.3 Å². The van der Waals surface area contributed by atoms with Gasteiger partial charge in [0, 0.05) is 10.9 Å². The van der Waals surface area contributed by atoms with Gasteiger partial charge in [0.25, 0.3) is 0 Å². The summed E-state index contributed by atoms with van der Waals surface area (Å²) in [5, 5.41) is 0.926. The molecule has 3 rings (SSSR count). The molecule has 0 bridgehead atoms. The van der Waals surface area contributed by atoms with Crippen LogP contribution in [0.1, 0.15) is 12.6 Å². The van der Waals surface area contributed by atoms with E-state index < -0.39 is 0 Å². The molecule has 2 aliphatic heterocycles. The first-order valence-corrected chi connectivity index (χ1v) is 5.86. The van der Waals surface area contributed by atoms with Gasteiger partial charge in [0.1, 0.15) is 12.0 Å². The van der Waals surface area contributed by atoms with Crippen molar-refractivity contribution < 1.29 is 4.52 Å². The van der Waals surface area contributed by atoms with Crippen LogP contribution in [-0.2, 0) is 6.54 Å². The molecular formula is C12H11N3OS. The predicted molar refractivity (Wildman–Crippen MR) is 65.5 cm³/mol. The molecule has 0 radical (unpaired) electrons. The van der Waals surface area contributed by atoms with E-state index in [1.165, 1.54) is 6.33 Å². The molecule has 4 nitrogen and oxygen atoms in total. The van der Waals surface area contributed by atoms with Gasteiger partial charge in [0.2, 0.25) is 0 Å². The summed E-state index contributed by atoms with van der Waals surface area (Å²) in [6, 6.07) is 3.91. The van der Waals surface area contributed by atoms with Crippen LogP contribution >= 0.6 is 12.2 Å². The monoisotopic (exact) mass is 245 g/mol. The first-order chi connectivity index (χ1) is 8.20. The Labute approximate surface area is 103 Å². The fourth-order valence-electron chi connectivity index (χ4n) is 2.00. The van der Waals surface area contributed by atoms with Crippen molar-refractivity contribution in [3.63, 3.8) is 0 Å². The number of fused-ring (bicyclic) bond motifs is 2. The lowest BCUT2D eigenvalue weighted by Crippen LogP contribution is -2.02. The molecule has 0 saturated carbocycles. The summed E-state index contributed by atoms with van der Waals surface area (Å²) in [6.07, 6.45) is 1.53. The molecule has 0 aromatic rings. The van der Waals surface area contributed by atoms with Crippen molar-refractivity contribution in [2.75, 3.05) is 0 Å². The smallest absolute Gasteiger partial charge is 0.191 e. The minimum absolute atomic E-state index is 0.720. The van der Waals surface area contributed by atoms with Gasteiger partial charge in [-0.05, 0) is 26.0 Å². The van der Waals surface area contributed by atoms with Crippen LogP contribution in [0.4, 0.5) is 0 Å². The number of nitrogens with zero attached hydrogens (tertiary/aromatic N) is 3. The number of rotatable bonds is 1. The summed E-state index contributed by atoms with van der Waals surface area (Å²) in [5.74, 6) is 0. The van der Waals surface area contributed by atoms with E-state index in [1.807, 2.05) is 30.7 Å². The van der Waals surface area contributed by atoms with Gasteiger partial charge in [-0.3, -0.25) is 0 Å². The highest BCUT2D eigenvalue weighted by atomic mass is 32.1. The van der Waals surface area contributed by atoms with Crippen molar-refractivity contribution in [1.29, 1.82) is 0 Å². The van der Waals surface area contributed by atoms with Gasteiger partial charge >= 0.3 is 0 Å². The zero-order valence-corrected chi connectivity index (χ0v) is 10.4. The van der Waals surface area contributed by atoms with Gasteiger partial charge in [-0.15, -0.1) is 0 Å². The van der Waals surface area contributed by atoms with E-state index in [1.54, 1.807) is 0 Å². The quantitative estimate of drug-likeness (QED) is 0.618. The van der Waals surface area contributed by atoms with E-state index in [9.17, 15) is 0 Å². The molecule has 0 aromatic heterocycles. The molecule has 0 amide bonds. The molecular weight excluding hydrogens is 234 g/mol. The van der Waals surface area contributed by atoms with Crippen molar-refractivity contribution >= 4 is 12.2 Å². The maximum absolute atomic E-state index is 5.84. The highest BCUT2D eigenvalue weighted by molar-refractivity contribution is 7.71. The van der Waals surface area contributed by atoms with E-state index in [0.717, 1.165) is 38.8 Å². The van der Waals surface area contributed by atoms with Crippen LogP contribution in [0.5, 0.6) is 0 Å². The Hall–Kier alpha value is -1.75. The number of hydrogen-bond donors (Lipinski definition) is 0. The van der Waals surface area contributed by atoms with Gasteiger partial charge in [-0.1, -0.05) is 12.2 Å². The Balaban J connectivity index is 2.60. The van der Waals surface area contributed by atoms with Gasteiger partial charge in [0.05, 0.1) is 16.7 Å². The zero-order chi connectivity index (χ0) is 12.0. The second kappa shape index (κ2) is 3.63. The maximum Gasteiger partial charge on any atom is 0.191 e. The highest BCUT2D eigenvalue weighted by Gasteiger charge is 2.12. The number of hydrogen-bond acceptors (Lipinski definition) is 4. The summed E-state index contributed by atoms with van der Waals surface area (Å²) < 4.78 is 8.42. The SMILES string of the molecule is CCn1oc2c3ncnc-3cc(=S)c=2cc1C. The fourth-order valence-corrected chi connectivity index (χ4v) is 2.27. The number of aryl methyl sites for hydroxylation is 2. The molecule has 0 N–H and O–H groups in total. The summed E-state index contributed by atoms with van der Waals surface area (Å²) in [6.45, 7) is 4.81. The van der Waals surface area contributed by atoms with Crippen LogP contribution in [0, 0.1) is 22.1 Å². The minimum atomic E-state index is 0.720. The standard InChI is InChI=1S/C12H11N3OS/c1-3-15-7(2)4-8-10(17)5-9-11(12(8)16-15)14-6-13-9/h4-6H,3H2,1-2H3. The van der Waals surface area contributed by atoms with Gasteiger partial charge in [-0.25, -0.2) is 14.7 Å². The van der Waals surface area contributed by atoms with Gasteiger partial charge in [0.15, 0.2) is 5.42 Å². The summed E-state index contributed by atoms with van der Waals surface area (Å²) in [7, 11) is 0. The fraction of sp³-hybridized carbons (Fsp3) is 0.250. The normalized spacial score (nSPS) is 11.4. The summed E-state index contributed by atoms with van der Waals surface area (Å²) >= 11 is 5.35. The highest BCUT2D eigenvalue weighted by Crippen LogP contribution is 2.21. The third kappa shape index (κ3) is 1.46. The molecule has 0 fully saturated rings. The molecule has 17 heavy (non-hydrogen) atoms. The Morgan fingerprint density at radius 3 is 2.94 bits per heavy atom.